The molecular formula is C14H23N3. The van der Waals surface area contributed by atoms with Gasteiger partial charge in [-0.25, -0.2) is 0 Å². The molecule has 0 saturated heterocycles. The molecule has 1 heterocycles. The second-order valence-corrected chi connectivity index (χ2v) is 4.98. The van der Waals surface area contributed by atoms with Gasteiger partial charge in [0.15, 0.2) is 0 Å². The fourth-order valence-corrected chi connectivity index (χ4v) is 2.88. The van der Waals surface area contributed by atoms with Gasteiger partial charge < -0.3 is 11.1 Å². The maximum Gasteiger partial charge on any atom is 0.0380 e. The Kier molecular flexibility index (Phi) is 4.37. The van der Waals surface area contributed by atoms with Gasteiger partial charge in [0.25, 0.3) is 0 Å². The Morgan fingerprint density at radius 2 is 2.24 bits per heavy atom. The first-order valence-corrected chi connectivity index (χ1v) is 6.74. The minimum atomic E-state index is 0.579. The third kappa shape index (κ3) is 3.19. The summed E-state index contributed by atoms with van der Waals surface area (Å²) in [6.07, 6.45) is 10.1. The van der Waals surface area contributed by atoms with Crippen molar-refractivity contribution in [1.29, 1.82) is 0 Å². The van der Waals surface area contributed by atoms with Crippen molar-refractivity contribution in [2.75, 3.05) is 12.3 Å². The predicted molar refractivity (Wildman–Crippen MR) is 71.9 cm³/mol. The molecule has 0 aromatic carbocycles. The van der Waals surface area contributed by atoms with Gasteiger partial charge in [0.2, 0.25) is 0 Å². The molecule has 3 N–H and O–H groups in total. The molecule has 1 fully saturated rings. The molecule has 1 aromatic heterocycles. The van der Waals surface area contributed by atoms with Gasteiger partial charge in [-0.1, -0.05) is 19.8 Å². The van der Waals surface area contributed by atoms with Crippen LogP contribution in [0.4, 0.5) is 5.69 Å². The molecular weight excluding hydrogens is 210 g/mol. The van der Waals surface area contributed by atoms with Gasteiger partial charge in [-0.2, -0.15) is 0 Å². The number of aromatic nitrogens is 1. The molecule has 1 saturated carbocycles. The topological polar surface area (TPSA) is 50.9 Å². The lowest BCUT2D eigenvalue weighted by Crippen LogP contribution is -2.29. The fourth-order valence-electron chi connectivity index (χ4n) is 2.88. The molecule has 2 rings (SSSR count). The van der Waals surface area contributed by atoms with Crippen molar-refractivity contribution >= 4 is 5.69 Å². The Morgan fingerprint density at radius 3 is 3.00 bits per heavy atom. The average molecular weight is 233 g/mol. The lowest BCUT2D eigenvalue weighted by molar-refractivity contribution is 0.449. The Morgan fingerprint density at radius 1 is 1.41 bits per heavy atom. The quantitative estimate of drug-likeness (QED) is 0.789. The number of hydrogen-bond acceptors (Lipinski definition) is 3. The molecule has 0 bridgehead atoms. The summed E-state index contributed by atoms with van der Waals surface area (Å²) < 4.78 is 0. The third-order valence-electron chi connectivity index (χ3n) is 3.74. The summed E-state index contributed by atoms with van der Waals surface area (Å²) in [7, 11) is 0. The van der Waals surface area contributed by atoms with E-state index in [0.717, 1.165) is 12.2 Å². The highest BCUT2D eigenvalue weighted by Crippen LogP contribution is 2.34. The summed E-state index contributed by atoms with van der Waals surface area (Å²) in [5.41, 5.74) is 8.21. The standard InChI is InChI=1S/C14H23N3/c1-2-17-12-6-4-3-5-11(9-12)13-10-16-8-7-14(13)15/h7-8,10-12,17H,2-6,9H2,1H3,(H2,15,16). The van der Waals surface area contributed by atoms with Crippen molar-refractivity contribution in [3.8, 4) is 0 Å². The Labute approximate surface area is 104 Å². The van der Waals surface area contributed by atoms with E-state index in [4.69, 9.17) is 5.73 Å². The van der Waals surface area contributed by atoms with Gasteiger partial charge in [-0.05, 0) is 43.4 Å². The molecule has 0 amide bonds. The lowest BCUT2D eigenvalue weighted by Gasteiger charge is -2.21. The molecule has 1 aromatic rings. The molecule has 3 nitrogen and oxygen atoms in total. The van der Waals surface area contributed by atoms with Gasteiger partial charge in [-0.15, -0.1) is 0 Å². The van der Waals surface area contributed by atoms with Gasteiger partial charge in [0.05, 0.1) is 0 Å². The Hall–Kier alpha value is -1.09. The smallest absolute Gasteiger partial charge is 0.0380 e. The van der Waals surface area contributed by atoms with Crippen LogP contribution in [0, 0.1) is 0 Å². The first-order chi connectivity index (χ1) is 8.31. The van der Waals surface area contributed by atoms with E-state index in [-0.39, 0.29) is 0 Å². The van der Waals surface area contributed by atoms with Crippen LogP contribution in [0.25, 0.3) is 0 Å². The summed E-state index contributed by atoms with van der Waals surface area (Å²) >= 11 is 0. The summed E-state index contributed by atoms with van der Waals surface area (Å²) in [5, 5.41) is 3.58. The Bertz CT molecular complexity index is 351. The minimum absolute atomic E-state index is 0.579. The fraction of sp³-hybridized carbons (Fsp3) is 0.643. The maximum atomic E-state index is 6.06. The molecule has 0 aliphatic heterocycles. The van der Waals surface area contributed by atoms with Gasteiger partial charge in [0, 0.05) is 24.1 Å². The van der Waals surface area contributed by atoms with Crippen molar-refractivity contribution in [3.63, 3.8) is 0 Å². The number of nitrogens with two attached hydrogens (primary N) is 1. The molecule has 2 atom stereocenters. The summed E-state index contributed by atoms with van der Waals surface area (Å²) in [6.45, 7) is 3.23. The summed E-state index contributed by atoms with van der Waals surface area (Å²) in [6, 6.07) is 2.56. The zero-order valence-electron chi connectivity index (χ0n) is 10.7. The van der Waals surface area contributed by atoms with Crippen molar-refractivity contribution in [2.24, 2.45) is 0 Å². The monoisotopic (exact) mass is 233 g/mol. The highest BCUT2D eigenvalue weighted by Gasteiger charge is 2.22. The molecule has 3 heteroatoms. The second kappa shape index (κ2) is 6.01. The molecule has 1 aliphatic carbocycles. The van der Waals surface area contributed by atoms with Crippen LogP contribution in [0.1, 0.15) is 50.5 Å². The van der Waals surface area contributed by atoms with Crippen LogP contribution in [0.5, 0.6) is 0 Å². The van der Waals surface area contributed by atoms with E-state index in [1.807, 2.05) is 12.3 Å². The number of nitrogen functional groups attached to an aromatic ring is 1. The van der Waals surface area contributed by atoms with Crippen molar-refractivity contribution in [1.82, 2.24) is 10.3 Å². The van der Waals surface area contributed by atoms with Crippen LogP contribution < -0.4 is 11.1 Å². The van der Waals surface area contributed by atoms with Gasteiger partial charge in [-0.3, -0.25) is 4.98 Å². The first-order valence-electron chi connectivity index (χ1n) is 6.74. The van der Waals surface area contributed by atoms with Crippen LogP contribution in [-0.2, 0) is 0 Å². The van der Waals surface area contributed by atoms with E-state index in [1.54, 1.807) is 6.20 Å². The van der Waals surface area contributed by atoms with Gasteiger partial charge >= 0.3 is 0 Å². The van der Waals surface area contributed by atoms with E-state index in [2.05, 4.69) is 17.2 Å². The lowest BCUT2D eigenvalue weighted by atomic mass is 9.90. The number of hydrogen-bond donors (Lipinski definition) is 2. The van der Waals surface area contributed by atoms with E-state index in [9.17, 15) is 0 Å². The van der Waals surface area contributed by atoms with Crippen LogP contribution >= 0.6 is 0 Å². The molecule has 0 spiro atoms. The molecule has 0 radical (unpaired) electrons. The number of rotatable bonds is 3. The zero-order chi connectivity index (χ0) is 12.1. The third-order valence-corrected chi connectivity index (χ3v) is 3.74. The molecule has 94 valence electrons. The SMILES string of the molecule is CCNC1CCCCC(c2cnccc2N)C1. The van der Waals surface area contributed by atoms with Crippen molar-refractivity contribution < 1.29 is 0 Å². The number of anilines is 1. The van der Waals surface area contributed by atoms with E-state index in [0.29, 0.717) is 12.0 Å². The van der Waals surface area contributed by atoms with Crippen LogP contribution in [-0.4, -0.2) is 17.6 Å². The average Bonchev–Trinajstić information content (AvgIpc) is 2.56. The molecule has 1 aliphatic rings. The molecule has 2 unspecified atom stereocenters. The van der Waals surface area contributed by atoms with Crippen molar-refractivity contribution in [2.45, 2.75) is 51.0 Å². The van der Waals surface area contributed by atoms with Crippen LogP contribution in [0.2, 0.25) is 0 Å². The first kappa shape index (κ1) is 12.4. The highest BCUT2D eigenvalue weighted by atomic mass is 14.9. The number of nitrogens with zero attached hydrogens (tertiary/aromatic N) is 1. The van der Waals surface area contributed by atoms with E-state index < -0.39 is 0 Å². The number of pyridine rings is 1. The normalized spacial score (nSPS) is 25.5. The zero-order valence-corrected chi connectivity index (χ0v) is 10.7. The maximum absolute atomic E-state index is 6.06. The molecule has 17 heavy (non-hydrogen) atoms. The van der Waals surface area contributed by atoms with Crippen molar-refractivity contribution in [3.05, 3.63) is 24.0 Å². The highest BCUT2D eigenvalue weighted by molar-refractivity contribution is 5.46. The summed E-state index contributed by atoms with van der Waals surface area (Å²) in [4.78, 5) is 4.22. The van der Waals surface area contributed by atoms with Crippen LogP contribution in [0.15, 0.2) is 18.5 Å². The van der Waals surface area contributed by atoms with Gasteiger partial charge in [0.1, 0.15) is 0 Å². The Balaban J connectivity index is 2.11. The largest absolute Gasteiger partial charge is 0.398 e. The van der Waals surface area contributed by atoms with Crippen LogP contribution in [0.3, 0.4) is 0 Å². The minimum Gasteiger partial charge on any atom is -0.398 e. The second-order valence-electron chi connectivity index (χ2n) is 4.98. The number of nitrogens with one attached hydrogen (secondary N) is 1. The summed E-state index contributed by atoms with van der Waals surface area (Å²) in [5.74, 6) is 0.579. The predicted octanol–water partition coefficient (Wildman–Crippen LogP) is 2.69. The van der Waals surface area contributed by atoms with E-state index >= 15 is 0 Å². The van der Waals surface area contributed by atoms with E-state index in [1.165, 1.54) is 37.7 Å².